The van der Waals surface area contributed by atoms with E-state index in [9.17, 15) is 14.7 Å². The molecule has 1 heterocycles. The molecule has 0 radical (unpaired) electrons. The first-order valence-corrected chi connectivity index (χ1v) is 8.39. The van der Waals surface area contributed by atoms with E-state index < -0.39 is 11.9 Å². The van der Waals surface area contributed by atoms with Gasteiger partial charge in [0.25, 0.3) is 5.91 Å². The van der Waals surface area contributed by atoms with Gasteiger partial charge in [-0.2, -0.15) is 0 Å². The van der Waals surface area contributed by atoms with Crippen LogP contribution in [0.4, 0.5) is 5.69 Å². The van der Waals surface area contributed by atoms with Crippen molar-refractivity contribution in [1.29, 1.82) is 0 Å². The van der Waals surface area contributed by atoms with Crippen LogP contribution in [-0.4, -0.2) is 29.1 Å². The number of rotatable bonds is 5. The van der Waals surface area contributed by atoms with Crippen molar-refractivity contribution in [3.63, 3.8) is 0 Å². The Hall–Kier alpha value is -2.12. The van der Waals surface area contributed by atoms with Crippen molar-refractivity contribution >= 4 is 40.5 Å². The molecular weight excluding hydrogens is 352 g/mol. The van der Waals surface area contributed by atoms with Gasteiger partial charge in [0.2, 0.25) is 0 Å². The molecule has 0 fully saturated rings. The van der Waals surface area contributed by atoms with Crippen LogP contribution in [0.1, 0.15) is 51.2 Å². The highest BCUT2D eigenvalue weighted by molar-refractivity contribution is 7.11. The van der Waals surface area contributed by atoms with E-state index in [2.05, 4.69) is 10.3 Å². The number of carboxylic acid groups (broad SMARTS) is 1. The minimum atomic E-state index is -1.19. The Bertz CT molecular complexity index is 802. The van der Waals surface area contributed by atoms with E-state index in [1.807, 2.05) is 13.8 Å². The fourth-order valence-electron chi connectivity index (χ4n) is 2.12. The number of ether oxygens (including phenoxy) is 1. The second-order valence-electron chi connectivity index (χ2n) is 5.45. The SMILES string of the molecule is COc1c(C)cc(C(=O)O)c(NC(=O)c2nc(C(C)C)cs2)c1Cl. The number of aromatic carboxylic acids is 1. The molecule has 1 aromatic heterocycles. The summed E-state index contributed by atoms with van der Waals surface area (Å²) in [6.45, 7) is 5.63. The molecule has 0 aliphatic carbocycles. The molecular formula is C16H17ClN2O4S. The van der Waals surface area contributed by atoms with Gasteiger partial charge in [0.05, 0.1) is 24.1 Å². The molecule has 128 valence electrons. The first-order valence-electron chi connectivity index (χ1n) is 7.13. The number of aryl methyl sites for hydroxylation is 1. The molecule has 1 aromatic carbocycles. The smallest absolute Gasteiger partial charge is 0.337 e. The van der Waals surface area contributed by atoms with Crippen molar-refractivity contribution in [2.45, 2.75) is 26.7 Å². The Morgan fingerprint density at radius 1 is 1.42 bits per heavy atom. The topological polar surface area (TPSA) is 88.5 Å². The van der Waals surface area contributed by atoms with E-state index in [0.29, 0.717) is 11.3 Å². The van der Waals surface area contributed by atoms with E-state index >= 15 is 0 Å². The largest absolute Gasteiger partial charge is 0.495 e. The summed E-state index contributed by atoms with van der Waals surface area (Å²) >= 11 is 7.42. The fraction of sp³-hybridized carbons (Fsp3) is 0.312. The lowest BCUT2D eigenvalue weighted by Crippen LogP contribution is -2.16. The van der Waals surface area contributed by atoms with Crippen LogP contribution in [0, 0.1) is 6.92 Å². The quantitative estimate of drug-likeness (QED) is 0.826. The van der Waals surface area contributed by atoms with Crippen molar-refractivity contribution in [3.05, 3.63) is 38.3 Å². The van der Waals surface area contributed by atoms with Gasteiger partial charge in [-0.1, -0.05) is 25.4 Å². The predicted molar refractivity (Wildman–Crippen MR) is 93.9 cm³/mol. The molecule has 8 heteroatoms. The van der Waals surface area contributed by atoms with Gasteiger partial charge in [0.1, 0.15) is 10.8 Å². The highest BCUT2D eigenvalue weighted by Gasteiger charge is 2.23. The molecule has 2 aromatic rings. The van der Waals surface area contributed by atoms with Gasteiger partial charge in [-0.25, -0.2) is 9.78 Å². The second-order valence-corrected chi connectivity index (χ2v) is 6.69. The number of thiazole rings is 1. The Balaban J connectivity index is 2.43. The van der Waals surface area contributed by atoms with Gasteiger partial charge in [0, 0.05) is 5.38 Å². The normalized spacial score (nSPS) is 10.8. The first-order chi connectivity index (χ1) is 11.3. The number of hydrogen-bond donors (Lipinski definition) is 2. The third-order valence-electron chi connectivity index (χ3n) is 3.39. The van der Waals surface area contributed by atoms with Crippen molar-refractivity contribution in [1.82, 2.24) is 4.98 Å². The third-order valence-corrected chi connectivity index (χ3v) is 4.61. The summed E-state index contributed by atoms with van der Waals surface area (Å²) in [5, 5.41) is 14.0. The number of carbonyl (C=O) groups excluding carboxylic acids is 1. The van der Waals surface area contributed by atoms with E-state index in [4.69, 9.17) is 16.3 Å². The number of halogens is 1. The average molecular weight is 369 g/mol. The monoisotopic (exact) mass is 368 g/mol. The van der Waals surface area contributed by atoms with Gasteiger partial charge < -0.3 is 15.2 Å². The van der Waals surface area contributed by atoms with Crippen LogP contribution < -0.4 is 10.1 Å². The van der Waals surface area contributed by atoms with E-state index in [1.54, 1.807) is 12.3 Å². The number of methoxy groups -OCH3 is 1. The minimum absolute atomic E-state index is 0.00193. The summed E-state index contributed by atoms with van der Waals surface area (Å²) in [7, 11) is 1.43. The third kappa shape index (κ3) is 3.52. The molecule has 1 amide bonds. The second kappa shape index (κ2) is 7.19. The molecule has 0 aliphatic heterocycles. The minimum Gasteiger partial charge on any atom is -0.495 e. The molecule has 0 spiro atoms. The molecule has 24 heavy (non-hydrogen) atoms. The summed E-state index contributed by atoms with van der Waals surface area (Å²) in [6.07, 6.45) is 0. The fourth-order valence-corrected chi connectivity index (χ4v) is 3.37. The highest BCUT2D eigenvalue weighted by Crippen LogP contribution is 2.38. The number of aromatic nitrogens is 1. The van der Waals surface area contributed by atoms with Crippen molar-refractivity contribution < 1.29 is 19.4 Å². The van der Waals surface area contributed by atoms with Crippen LogP contribution in [0.25, 0.3) is 0 Å². The molecule has 2 N–H and O–H groups in total. The van der Waals surface area contributed by atoms with Crippen LogP contribution in [0.15, 0.2) is 11.4 Å². The van der Waals surface area contributed by atoms with Crippen LogP contribution in [-0.2, 0) is 0 Å². The summed E-state index contributed by atoms with van der Waals surface area (Å²) in [5.74, 6) is -1.19. The predicted octanol–water partition coefficient (Wildman–Crippen LogP) is 4.19. The zero-order valence-corrected chi connectivity index (χ0v) is 15.2. The van der Waals surface area contributed by atoms with Gasteiger partial charge in [-0.3, -0.25) is 4.79 Å². The maximum Gasteiger partial charge on any atom is 0.337 e. The Morgan fingerprint density at radius 3 is 2.58 bits per heavy atom. The van der Waals surface area contributed by atoms with Crippen LogP contribution >= 0.6 is 22.9 Å². The Morgan fingerprint density at radius 2 is 2.08 bits per heavy atom. The van der Waals surface area contributed by atoms with Crippen molar-refractivity contribution in [3.8, 4) is 5.75 Å². The molecule has 6 nitrogen and oxygen atoms in total. The standard InChI is InChI=1S/C16H17ClN2O4S/c1-7(2)10-6-24-15(18-10)14(20)19-12-9(16(21)22)5-8(3)13(23-4)11(12)17/h5-7H,1-4H3,(H,19,20)(H,21,22). The number of nitrogens with one attached hydrogen (secondary N) is 1. The molecule has 0 atom stereocenters. The van der Waals surface area contributed by atoms with Gasteiger partial charge >= 0.3 is 5.97 Å². The lowest BCUT2D eigenvalue weighted by Gasteiger charge is -2.15. The van der Waals surface area contributed by atoms with Gasteiger partial charge in [-0.15, -0.1) is 11.3 Å². The molecule has 0 bridgehead atoms. The number of hydrogen-bond acceptors (Lipinski definition) is 5. The Kier molecular flexibility index (Phi) is 5.46. The molecule has 2 rings (SSSR count). The number of carboxylic acids is 1. The van der Waals surface area contributed by atoms with Crippen molar-refractivity contribution in [2.75, 3.05) is 12.4 Å². The maximum absolute atomic E-state index is 12.4. The summed E-state index contributed by atoms with van der Waals surface area (Å²) in [6, 6.07) is 1.41. The van der Waals surface area contributed by atoms with Gasteiger partial charge in [0.15, 0.2) is 5.01 Å². The number of nitrogens with zero attached hydrogens (tertiary/aromatic N) is 1. The van der Waals surface area contributed by atoms with E-state index in [0.717, 1.165) is 5.69 Å². The van der Waals surface area contributed by atoms with Crippen LogP contribution in [0.5, 0.6) is 5.75 Å². The zero-order chi connectivity index (χ0) is 18.0. The number of carbonyl (C=O) groups is 2. The van der Waals surface area contributed by atoms with E-state index in [1.165, 1.54) is 24.5 Å². The highest BCUT2D eigenvalue weighted by atomic mass is 35.5. The molecule has 0 unspecified atom stereocenters. The summed E-state index contributed by atoms with van der Waals surface area (Å²) < 4.78 is 5.18. The molecule has 0 aliphatic rings. The zero-order valence-electron chi connectivity index (χ0n) is 13.6. The summed E-state index contributed by atoms with van der Waals surface area (Å²) in [4.78, 5) is 28.1. The molecule has 0 saturated heterocycles. The Labute approximate surface area is 148 Å². The van der Waals surface area contributed by atoms with E-state index in [-0.39, 0.29) is 27.2 Å². The van der Waals surface area contributed by atoms with Gasteiger partial charge in [-0.05, 0) is 24.5 Å². The lowest BCUT2D eigenvalue weighted by molar-refractivity contribution is 0.0698. The first kappa shape index (κ1) is 18.2. The lowest BCUT2D eigenvalue weighted by atomic mass is 10.1. The molecule has 0 saturated carbocycles. The van der Waals surface area contributed by atoms with Crippen molar-refractivity contribution in [2.24, 2.45) is 0 Å². The average Bonchev–Trinajstić information content (AvgIpc) is 3.00. The number of amides is 1. The maximum atomic E-state index is 12.4. The number of benzene rings is 1. The van der Waals surface area contributed by atoms with Crippen LogP contribution in [0.3, 0.4) is 0 Å². The summed E-state index contributed by atoms with van der Waals surface area (Å²) in [5.41, 5.74) is 1.26. The number of anilines is 1. The van der Waals surface area contributed by atoms with Crippen LogP contribution in [0.2, 0.25) is 5.02 Å².